The SMILES string of the molecule is CN(C)CCSCc1csc([C@@H]2CCCO2)n1. The predicted octanol–water partition coefficient (Wildman–Crippen LogP) is 2.79. The zero-order chi connectivity index (χ0) is 12.1. The molecule has 3 nitrogen and oxygen atoms in total. The monoisotopic (exact) mass is 272 g/mol. The number of thioether (sulfide) groups is 1. The van der Waals surface area contributed by atoms with Crippen molar-refractivity contribution in [1.29, 1.82) is 0 Å². The lowest BCUT2D eigenvalue weighted by Crippen LogP contribution is -2.14. The van der Waals surface area contributed by atoms with Crippen LogP contribution in [0, 0.1) is 0 Å². The molecule has 0 unspecified atom stereocenters. The van der Waals surface area contributed by atoms with Crippen molar-refractivity contribution in [1.82, 2.24) is 9.88 Å². The van der Waals surface area contributed by atoms with Crippen LogP contribution in [0.5, 0.6) is 0 Å². The molecule has 1 saturated heterocycles. The van der Waals surface area contributed by atoms with Crippen molar-refractivity contribution in [3.05, 3.63) is 16.1 Å². The van der Waals surface area contributed by atoms with Crippen LogP contribution in [0.3, 0.4) is 0 Å². The highest BCUT2D eigenvalue weighted by Gasteiger charge is 2.20. The van der Waals surface area contributed by atoms with Crippen LogP contribution in [0.4, 0.5) is 0 Å². The largest absolute Gasteiger partial charge is 0.371 e. The first-order valence-corrected chi connectivity index (χ1v) is 8.07. The molecule has 0 radical (unpaired) electrons. The summed E-state index contributed by atoms with van der Waals surface area (Å²) in [7, 11) is 4.22. The van der Waals surface area contributed by atoms with Crippen molar-refractivity contribution in [2.45, 2.75) is 24.7 Å². The maximum Gasteiger partial charge on any atom is 0.122 e. The second-order valence-corrected chi connectivity index (χ2v) is 6.53. The van der Waals surface area contributed by atoms with Gasteiger partial charge in [-0.3, -0.25) is 0 Å². The molecule has 0 spiro atoms. The van der Waals surface area contributed by atoms with Crippen molar-refractivity contribution in [3.63, 3.8) is 0 Å². The van der Waals surface area contributed by atoms with Crippen LogP contribution in [0.2, 0.25) is 0 Å². The minimum absolute atomic E-state index is 0.278. The molecular formula is C12H20N2OS2. The molecule has 17 heavy (non-hydrogen) atoms. The second-order valence-electron chi connectivity index (χ2n) is 4.53. The van der Waals surface area contributed by atoms with E-state index in [-0.39, 0.29) is 6.10 Å². The average Bonchev–Trinajstić information content (AvgIpc) is 2.94. The highest BCUT2D eigenvalue weighted by atomic mass is 32.2. The molecule has 2 rings (SSSR count). The number of aromatic nitrogens is 1. The Morgan fingerprint density at radius 3 is 3.18 bits per heavy atom. The Balaban J connectivity index is 1.74. The molecule has 2 heterocycles. The molecule has 0 aromatic carbocycles. The van der Waals surface area contributed by atoms with Crippen LogP contribution < -0.4 is 0 Å². The average molecular weight is 272 g/mol. The van der Waals surface area contributed by atoms with Crippen molar-refractivity contribution in [2.75, 3.05) is 33.0 Å². The van der Waals surface area contributed by atoms with E-state index in [4.69, 9.17) is 4.74 Å². The first-order chi connectivity index (χ1) is 8.25. The molecule has 1 atom stereocenters. The van der Waals surface area contributed by atoms with Gasteiger partial charge in [-0.15, -0.1) is 11.3 Å². The van der Waals surface area contributed by atoms with Crippen LogP contribution in [-0.2, 0) is 10.5 Å². The molecule has 0 aliphatic carbocycles. The van der Waals surface area contributed by atoms with Crippen molar-refractivity contribution in [2.24, 2.45) is 0 Å². The van der Waals surface area contributed by atoms with Gasteiger partial charge >= 0.3 is 0 Å². The summed E-state index contributed by atoms with van der Waals surface area (Å²) in [6.07, 6.45) is 2.60. The molecule has 1 aromatic rings. The van der Waals surface area contributed by atoms with Crippen LogP contribution in [0.1, 0.15) is 29.6 Å². The standard InChI is InChI=1S/C12H20N2OS2/c1-14(2)5-7-16-8-10-9-17-12(13-10)11-4-3-6-15-11/h9,11H,3-8H2,1-2H3/t11-/m0/s1. The Morgan fingerprint density at radius 1 is 1.59 bits per heavy atom. The Kier molecular flexibility index (Phi) is 5.28. The van der Waals surface area contributed by atoms with E-state index in [9.17, 15) is 0 Å². The molecule has 1 aromatic heterocycles. The Labute approximate surface area is 112 Å². The van der Waals surface area contributed by atoms with Gasteiger partial charge in [-0.2, -0.15) is 11.8 Å². The third-order valence-electron chi connectivity index (χ3n) is 2.71. The van der Waals surface area contributed by atoms with Crippen molar-refractivity contribution < 1.29 is 4.74 Å². The first kappa shape index (κ1) is 13.3. The lowest BCUT2D eigenvalue weighted by Gasteiger charge is -2.07. The van der Waals surface area contributed by atoms with Gasteiger partial charge in [-0.25, -0.2) is 4.98 Å². The third-order valence-corrected chi connectivity index (χ3v) is 4.66. The number of hydrogen-bond donors (Lipinski definition) is 0. The molecule has 0 amide bonds. The maximum absolute atomic E-state index is 5.64. The van der Waals surface area contributed by atoms with Gasteiger partial charge in [-0.05, 0) is 26.9 Å². The van der Waals surface area contributed by atoms with Crippen LogP contribution >= 0.6 is 23.1 Å². The summed E-state index contributed by atoms with van der Waals surface area (Å²) in [5.41, 5.74) is 1.21. The van der Waals surface area contributed by atoms with Gasteiger partial charge in [0.2, 0.25) is 0 Å². The number of hydrogen-bond acceptors (Lipinski definition) is 5. The van der Waals surface area contributed by atoms with E-state index >= 15 is 0 Å². The van der Waals surface area contributed by atoms with Gasteiger partial charge < -0.3 is 9.64 Å². The smallest absolute Gasteiger partial charge is 0.122 e. The summed E-state index contributed by atoms with van der Waals surface area (Å²) in [4.78, 5) is 6.88. The molecule has 0 bridgehead atoms. The Morgan fingerprint density at radius 2 is 2.47 bits per heavy atom. The molecule has 1 aliphatic heterocycles. The van der Waals surface area contributed by atoms with Crippen LogP contribution in [-0.4, -0.2) is 42.9 Å². The Bertz CT molecular complexity index is 335. The number of nitrogens with zero attached hydrogens (tertiary/aromatic N) is 2. The molecule has 96 valence electrons. The fourth-order valence-corrected chi connectivity index (χ4v) is 3.73. The fraction of sp³-hybridized carbons (Fsp3) is 0.750. The summed E-state index contributed by atoms with van der Waals surface area (Å²) in [5, 5.41) is 3.35. The van der Waals surface area contributed by atoms with E-state index in [2.05, 4.69) is 29.4 Å². The topological polar surface area (TPSA) is 25.4 Å². The summed E-state index contributed by atoms with van der Waals surface area (Å²) in [5.74, 6) is 2.19. The summed E-state index contributed by atoms with van der Waals surface area (Å²) in [6.45, 7) is 2.03. The fourth-order valence-electron chi connectivity index (χ4n) is 1.73. The zero-order valence-corrected chi connectivity index (χ0v) is 12.1. The highest BCUT2D eigenvalue weighted by Crippen LogP contribution is 2.31. The van der Waals surface area contributed by atoms with Gasteiger partial charge in [0.1, 0.15) is 11.1 Å². The molecule has 5 heteroatoms. The molecule has 0 saturated carbocycles. The molecule has 1 aliphatic rings. The van der Waals surface area contributed by atoms with E-state index in [0.717, 1.165) is 25.3 Å². The third kappa shape index (κ3) is 4.25. The van der Waals surface area contributed by atoms with Crippen molar-refractivity contribution in [3.8, 4) is 0 Å². The van der Waals surface area contributed by atoms with E-state index < -0.39 is 0 Å². The lowest BCUT2D eigenvalue weighted by molar-refractivity contribution is 0.111. The normalized spacial score (nSPS) is 20.3. The minimum atomic E-state index is 0.278. The van der Waals surface area contributed by atoms with Gasteiger partial charge in [0.25, 0.3) is 0 Å². The number of thiazole rings is 1. The molecular weight excluding hydrogens is 252 g/mol. The van der Waals surface area contributed by atoms with Gasteiger partial charge in [-0.1, -0.05) is 0 Å². The quantitative estimate of drug-likeness (QED) is 0.744. The predicted molar refractivity (Wildman–Crippen MR) is 74.8 cm³/mol. The maximum atomic E-state index is 5.64. The van der Waals surface area contributed by atoms with E-state index in [1.54, 1.807) is 11.3 Å². The minimum Gasteiger partial charge on any atom is -0.371 e. The number of ether oxygens (including phenoxy) is 1. The summed E-state index contributed by atoms with van der Waals surface area (Å²) >= 11 is 3.70. The molecule has 1 fully saturated rings. The lowest BCUT2D eigenvalue weighted by atomic mass is 10.2. The van der Waals surface area contributed by atoms with Gasteiger partial charge in [0, 0.05) is 30.0 Å². The number of rotatable bonds is 6. The zero-order valence-electron chi connectivity index (χ0n) is 10.5. The van der Waals surface area contributed by atoms with E-state index in [1.807, 2.05) is 11.8 Å². The Hall–Kier alpha value is -0.100. The summed E-state index contributed by atoms with van der Waals surface area (Å²) in [6, 6.07) is 0. The highest BCUT2D eigenvalue weighted by molar-refractivity contribution is 7.98. The van der Waals surface area contributed by atoms with Gasteiger partial charge in [0.15, 0.2) is 0 Å². The second kappa shape index (κ2) is 6.73. The van der Waals surface area contributed by atoms with Crippen molar-refractivity contribution >= 4 is 23.1 Å². The van der Waals surface area contributed by atoms with E-state index in [0.29, 0.717) is 0 Å². The van der Waals surface area contributed by atoms with Crippen LogP contribution in [0.25, 0.3) is 0 Å². The first-order valence-electron chi connectivity index (χ1n) is 6.04. The van der Waals surface area contributed by atoms with Gasteiger partial charge in [0.05, 0.1) is 5.69 Å². The van der Waals surface area contributed by atoms with E-state index in [1.165, 1.54) is 22.9 Å². The summed E-state index contributed by atoms with van der Waals surface area (Å²) < 4.78 is 5.64. The van der Waals surface area contributed by atoms with Crippen LogP contribution in [0.15, 0.2) is 5.38 Å². The molecule has 0 N–H and O–H groups in total.